The number of carbonyl (C=O) groups excluding carboxylic acids is 1. The standard InChI is InChI=1S/C17H20FN3O2/c18-13-3-5-15(6-4-13)21-9-7-14(20-21)11-17(23)19-16(8-10-22)12-1-2-12/h3-7,9,12,16,22H,1-2,8,10-11H2,(H,19,23). The van der Waals surface area contributed by atoms with Crippen molar-refractivity contribution in [3.05, 3.63) is 48.0 Å². The molecule has 2 aromatic rings. The van der Waals surface area contributed by atoms with Crippen LogP contribution in [0, 0.1) is 11.7 Å². The number of hydrogen-bond acceptors (Lipinski definition) is 3. The van der Waals surface area contributed by atoms with Crippen molar-refractivity contribution in [2.24, 2.45) is 5.92 Å². The summed E-state index contributed by atoms with van der Waals surface area (Å²) in [4.78, 5) is 12.1. The molecule has 1 saturated carbocycles. The van der Waals surface area contributed by atoms with Gasteiger partial charge in [0.1, 0.15) is 5.82 Å². The molecule has 0 bridgehead atoms. The predicted molar refractivity (Wildman–Crippen MR) is 83.6 cm³/mol. The van der Waals surface area contributed by atoms with Gasteiger partial charge in [-0.15, -0.1) is 0 Å². The van der Waals surface area contributed by atoms with Crippen molar-refractivity contribution < 1.29 is 14.3 Å². The number of carbonyl (C=O) groups is 1. The number of halogens is 1. The molecule has 1 aromatic carbocycles. The average Bonchev–Trinajstić information content (AvgIpc) is 3.28. The topological polar surface area (TPSA) is 67.2 Å². The van der Waals surface area contributed by atoms with E-state index in [1.165, 1.54) is 12.1 Å². The summed E-state index contributed by atoms with van der Waals surface area (Å²) in [6.45, 7) is 0.0840. The number of aromatic nitrogens is 2. The molecule has 5 nitrogen and oxygen atoms in total. The van der Waals surface area contributed by atoms with E-state index in [0.717, 1.165) is 18.5 Å². The van der Waals surface area contributed by atoms with Gasteiger partial charge in [0, 0.05) is 18.8 Å². The fraction of sp³-hybridized carbons (Fsp3) is 0.412. The van der Waals surface area contributed by atoms with E-state index in [1.807, 2.05) is 0 Å². The van der Waals surface area contributed by atoms with Gasteiger partial charge in [-0.1, -0.05) is 0 Å². The highest BCUT2D eigenvalue weighted by atomic mass is 19.1. The molecule has 1 amide bonds. The molecular weight excluding hydrogens is 297 g/mol. The Bertz CT molecular complexity index is 665. The number of amides is 1. The minimum absolute atomic E-state index is 0.0617. The summed E-state index contributed by atoms with van der Waals surface area (Å²) in [6, 6.07) is 7.86. The molecule has 0 aliphatic heterocycles. The molecule has 1 heterocycles. The lowest BCUT2D eigenvalue weighted by atomic mass is 10.1. The third kappa shape index (κ3) is 4.16. The van der Waals surface area contributed by atoms with Gasteiger partial charge in [0.2, 0.25) is 5.91 Å². The lowest BCUT2D eigenvalue weighted by Crippen LogP contribution is -2.38. The van der Waals surface area contributed by atoms with Crippen LogP contribution in [-0.4, -0.2) is 33.4 Å². The van der Waals surface area contributed by atoms with Gasteiger partial charge >= 0.3 is 0 Å². The molecule has 23 heavy (non-hydrogen) atoms. The first-order valence-electron chi connectivity index (χ1n) is 7.86. The summed E-state index contributed by atoms with van der Waals surface area (Å²) in [7, 11) is 0. The summed E-state index contributed by atoms with van der Waals surface area (Å²) >= 11 is 0. The third-order valence-electron chi connectivity index (χ3n) is 4.05. The number of aliphatic hydroxyl groups excluding tert-OH is 1. The van der Waals surface area contributed by atoms with Crippen molar-refractivity contribution in [1.82, 2.24) is 15.1 Å². The minimum Gasteiger partial charge on any atom is -0.396 e. The number of aliphatic hydroxyl groups is 1. The van der Waals surface area contributed by atoms with Crippen LogP contribution in [-0.2, 0) is 11.2 Å². The van der Waals surface area contributed by atoms with E-state index in [0.29, 0.717) is 18.0 Å². The molecule has 1 aliphatic rings. The van der Waals surface area contributed by atoms with Crippen LogP contribution in [0.1, 0.15) is 25.0 Å². The highest BCUT2D eigenvalue weighted by molar-refractivity contribution is 5.78. The quantitative estimate of drug-likeness (QED) is 0.819. The summed E-state index contributed by atoms with van der Waals surface area (Å²) in [6.07, 6.45) is 4.78. The van der Waals surface area contributed by atoms with Crippen molar-refractivity contribution in [3.63, 3.8) is 0 Å². The molecule has 1 unspecified atom stereocenters. The fourth-order valence-electron chi connectivity index (χ4n) is 2.68. The molecule has 6 heteroatoms. The maximum atomic E-state index is 12.9. The molecule has 3 rings (SSSR count). The van der Waals surface area contributed by atoms with E-state index in [1.54, 1.807) is 29.1 Å². The van der Waals surface area contributed by atoms with Crippen LogP contribution in [0.2, 0.25) is 0 Å². The molecule has 122 valence electrons. The number of hydrogen-bond donors (Lipinski definition) is 2. The van der Waals surface area contributed by atoms with E-state index in [4.69, 9.17) is 5.11 Å². The van der Waals surface area contributed by atoms with E-state index < -0.39 is 0 Å². The number of nitrogens with zero attached hydrogens (tertiary/aromatic N) is 2. The zero-order chi connectivity index (χ0) is 16.2. The second kappa shape index (κ2) is 6.91. The fourth-order valence-corrected chi connectivity index (χ4v) is 2.68. The summed E-state index contributed by atoms with van der Waals surface area (Å²) < 4.78 is 14.6. The first-order valence-corrected chi connectivity index (χ1v) is 7.86. The minimum atomic E-state index is -0.296. The second-order valence-corrected chi connectivity index (χ2v) is 5.93. The van der Waals surface area contributed by atoms with Gasteiger partial charge in [-0.2, -0.15) is 5.10 Å². The molecule has 1 aliphatic carbocycles. The van der Waals surface area contributed by atoms with Crippen LogP contribution < -0.4 is 5.32 Å². The van der Waals surface area contributed by atoms with Crippen molar-refractivity contribution in [2.45, 2.75) is 31.7 Å². The van der Waals surface area contributed by atoms with Gasteiger partial charge in [-0.3, -0.25) is 4.79 Å². The molecule has 1 fully saturated rings. The van der Waals surface area contributed by atoms with E-state index in [9.17, 15) is 9.18 Å². The molecule has 0 saturated heterocycles. The summed E-state index contributed by atoms with van der Waals surface area (Å²) in [5.41, 5.74) is 1.40. The van der Waals surface area contributed by atoms with Gasteiger partial charge in [-0.05, 0) is 55.5 Å². The normalized spacial score (nSPS) is 15.4. The highest BCUT2D eigenvalue weighted by Gasteiger charge is 2.31. The number of benzene rings is 1. The van der Waals surface area contributed by atoms with Crippen LogP contribution in [0.3, 0.4) is 0 Å². The summed E-state index contributed by atoms with van der Waals surface area (Å²) in [5.74, 6) is 0.123. The maximum Gasteiger partial charge on any atom is 0.226 e. The first kappa shape index (κ1) is 15.7. The Kier molecular flexibility index (Phi) is 4.71. The zero-order valence-electron chi connectivity index (χ0n) is 12.8. The average molecular weight is 317 g/mol. The smallest absolute Gasteiger partial charge is 0.226 e. The molecule has 1 aromatic heterocycles. The zero-order valence-corrected chi connectivity index (χ0v) is 12.8. The SMILES string of the molecule is O=C(Cc1ccn(-c2ccc(F)cc2)n1)NC(CCO)C1CC1. The van der Waals surface area contributed by atoms with Crippen LogP contribution >= 0.6 is 0 Å². The molecular formula is C17H20FN3O2. The molecule has 0 radical (unpaired) electrons. The van der Waals surface area contributed by atoms with Gasteiger partial charge in [-0.25, -0.2) is 9.07 Å². The Balaban J connectivity index is 1.59. The van der Waals surface area contributed by atoms with Gasteiger partial charge in [0.05, 0.1) is 17.8 Å². The second-order valence-electron chi connectivity index (χ2n) is 5.93. The Labute approximate surface area is 134 Å². The van der Waals surface area contributed by atoms with Crippen LogP contribution in [0.4, 0.5) is 4.39 Å². The van der Waals surface area contributed by atoms with E-state index in [2.05, 4.69) is 10.4 Å². The molecule has 0 spiro atoms. The molecule has 2 N–H and O–H groups in total. The largest absolute Gasteiger partial charge is 0.396 e. The Hall–Kier alpha value is -2.21. The third-order valence-corrected chi connectivity index (χ3v) is 4.05. The monoisotopic (exact) mass is 317 g/mol. The highest BCUT2D eigenvalue weighted by Crippen LogP contribution is 2.33. The number of rotatable bonds is 7. The van der Waals surface area contributed by atoms with Crippen LogP contribution in [0.25, 0.3) is 5.69 Å². The number of nitrogens with one attached hydrogen (secondary N) is 1. The summed E-state index contributed by atoms with van der Waals surface area (Å²) in [5, 5.41) is 16.4. The molecule has 1 atom stereocenters. The maximum absolute atomic E-state index is 12.9. The van der Waals surface area contributed by atoms with Crippen molar-refractivity contribution in [3.8, 4) is 5.69 Å². The first-order chi connectivity index (χ1) is 11.2. The van der Waals surface area contributed by atoms with Crippen molar-refractivity contribution in [1.29, 1.82) is 0 Å². The Morgan fingerprint density at radius 1 is 1.35 bits per heavy atom. The van der Waals surface area contributed by atoms with Gasteiger partial charge < -0.3 is 10.4 Å². The lowest BCUT2D eigenvalue weighted by molar-refractivity contribution is -0.121. The van der Waals surface area contributed by atoms with Crippen molar-refractivity contribution in [2.75, 3.05) is 6.61 Å². The van der Waals surface area contributed by atoms with E-state index >= 15 is 0 Å². The van der Waals surface area contributed by atoms with Crippen molar-refractivity contribution >= 4 is 5.91 Å². The van der Waals surface area contributed by atoms with Crippen LogP contribution in [0.15, 0.2) is 36.5 Å². The van der Waals surface area contributed by atoms with Gasteiger partial charge in [0.25, 0.3) is 0 Å². The predicted octanol–water partition coefficient (Wildman–Crippen LogP) is 1.83. The Morgan fingerprint density at radius 3 is 2.74 bits per heavy atom. The van der Waals surface area contributed by atoms with Crippen LogP contribution in [0.5, 0.6) is 0 Å². The van der Waals surface area contributed by atoms with E-state index in [-0.39, 0.29) is 30.8 Å². The van der Waals surface area contributed by atoms with Gasteiger partial charge in [0.15, 0.2) is 0 Å². The Morgan fingerprint density at radius 2 is 2.09 bits per heavy atom. The lowest BCUT2D eigenvalue weighted by Gasteiger charge is -2.16.